The number of sulfonamides is 1. The third-order valence-corrected chi connectivity index (χ3v) is 4.26. The van der Waals surface area contributed by atoms with E-state index < -0.39 is 10.0 Å². The number of benzene rings is 1. The maximum atomic E-state index is 12.2. The second kappa shape index (κ2) is 5.44. The van der Waals surface area contributed by atoms with E-state index in [9.17, 15) is 13.2 Å². The van der Waals surface area contributed by atoms with Gasteiger partial charge in [0.15, 0.2) is 5.78 Å². The lowest BCUT2D eigenvalue weighted by molar-refractivity contribution is -0.116. The maximum absolute atomic E-state index is 12.2. The highest BCUT2D eigenvalue weighted by Crippen LogP contribution is 2.24. The van der Waals surface area contributed by atoms with Gasteiger partial charge < -0.3 is 4.74 Å². The van der Waals surface area contributed by atoms with Crippen molar-refractivity contribution in [1.82, 2.24) is 4.72 Å². The molecule has 1 aromatic rings. The molecule has 1 aliphatic rings. The third-order valence-electron chi connectivity index (χ3n) is 2.86. The molecular weight excluding hydrogens is 266 g/mol. The first-order chi connectivity index (χ1) is 9.04. The van der Waals surface area contributed by atoms with E-state index in [0.717, 1.165) is 6.42 Å². The Morgan fingerprint density at radius 1 is 1.26 bits per heavy atom. The first-order valence-corrected chi connectivity index (χ1v) is 7.42. The molecule has 19 heavy (non-hydrogen) atoms. The molecule has 0 amide bonds. The van der Waals surface area contributed by atoms with Gasteiger partial charge in [-0.25, -0.2) is 8.42 Å². The average molecular weight is 281 g/mol. The van der Waals surface area contributed by atoms with Crippen molar-refractivity contribution in [3.05, 3.63) is 36.0 Å². The van der Waals surface area contributed by atoms with E-state index in [0.29, 0.717) is 12.8 Å². The summed E-state index contributed by atoms with van der Waals surface area (Å²) >= 11 is 0. The van der Waals surface area contributed by atoms with Crippen molar-refractivity contribution in [2.45, 2.75) is 24.2 Å². The summed E-state index contributed by atoms with van der Waals surface area (Å²) in [5.74, 6) is 0.0728. The molecule has 0 heterocycles. The Balaban J connectivity index is 2.33. The number of Topliss-reactive ketones (excluding diaryl/α,β-unsaturated/α-hetero) is 1. The highest BCUT2D eigenvalue weighted by molar-refractivity contribution is 7.89. The predicted octanol–water partition coefficient (Wildman–Crippen LogP) is 1.61. The van der Waals surface area contributed by atoms with Crippen LogP contribution >= 0.6 is 0 Å². The minimum atomic E-state index is -3.80. The van der Waals surface area contributed by atoms with Gasteiger partial charge in [-0.15, -0.1) is 0 Å². The van der Waals surface area contributed by atoms with Crippen LogP contribution in [0.2, 0.25) is 0 Å². The van der Waals surface area contributed by atoms with E-state index in [1.165, 1.54) is 13.2 Å². The number of allylic oxidation sites excluding steroid dienone is 2. The first-order valence-electron chi connectivity index (χ1n) is 5.94. The molecule has 1 aliphatic carbocycles. The fraction of sp³-hybridized carbons (Fsp3) is 0.308. The topological polar surface area (TPSA) is 72.5 Å². The Morgan fingerprint density at radius 3 is 2.68 bits per heavy atom. The molecule has 5 nitrogen and oxygen atoms in total. The molecule has 0 radical (unpaired) electrons. The molecule has 2 rings (SSSR count). The van der Waals surface area contributed by atoms with E-state index in [1.807, 2.05) is 0 Å². The number of nitrogens with one attached hydrogen (secondary N) is 1. The van der Waals surface area contributed by atoms with Crippen molar-refractivity contribution >= 4 is 15.8 Å². The van der Waals surface area contributed by atoms with Crippen LogP contribution < -0.4 is 9.46 Å². The fourth-order valence-corrected chi connectivity index (χ4v) is 3.17. The van der Waals surface area contributed by atoms with Crippen LogP contribution in [0.5, 0.6) is 5.75 Å². The summed E-state index contributed by atoms with van der Waals surface area (Å²) < 4.78 is 31.8. The molecule has 6 heteroatoms. The van der Waals surface area contributed by atoms with Gasteiger partial charge in [0.2, 0.25) is 0 Å². The van der Waals surface area contributed by atoms with Crippen molar-refractivity contribution in [2.75, 3.05) is 7.11 Å². The van der Waals surface area contributed by atoms with Crippen LogP contribution in [0, 0.1) is 0 Å². The van der Waals surface area contributed by atoms with Gasteiger partial charge in [-0.1, -0.05) is 18.2 Å². The van der Waals surface area contributed by atoms with E-state index in [2.05, 4.69) is 4.72 Å². The monoisotopic (exact) mass is 281 g/mol. The molecule has 0 unspecified atom stereocenters. The summed E-state index contributed by atoms with van der Waals surface area (Å²) in [6.07, 6.45) is 3.47. The molecule has 0 saturated heterocycles. The van der Waals surface area contributed by atoms with Crippen LogP contribution in [-0.4, -0.2) is 21.3 Å². The van der Waals surface area contributed by atoms with Crippen LogP contribution in [0.3, 0.4) is 0 Å². The molecule has 0 atom stereocenters. The van der Waals surface area contributed by atoms with Crippen LogP contribution in [0.25, 0.3) is 0 Å². The van der Waals surface area contributed by atoms with Gasteiger partial charge in [0, 0.05) is 6.42 Å². The second-order valence-electron chi connectivity index (χ2n) is 4.19. The SMILES string of the molecule is COc1ccccc1S(=O)(=O)NC1=CCCCC1=O. The molecular formula is C13H15NO4S. The lowest BCUT2D eigenvalue weighted by atomic mass is 10.0. The van der Waals surface area contributed by atoms with E-state index in [-0.39, 0.29) is 22.1 Å². The van der Waals surface area contributed by atoms with Crippen LogP contribution in [0.4, 0.5) is 0 Å². The van der Waals surface area contributed by atoms with E-state index in [1.54, 1.807) is 24.3 Å². The Kier molecular flexibility index (Phi) is 3.90. The number of ketones is 1. The molecule has 102 valence electrons. The van der Waals surface area contributed by atoms with Crippen molar-refractivity contribution < 1.29 is 17.9 Å². The zero-order valence-corrected chi connectivity index (χ0v) is 11.4. The van der Waals surface area contributed by atoms with Crippen LogP contribution in [0.15, 0.2) is 40.9 Å². The zero-order valence-electron chi connectivity index (χ0n) is 10.5. The van der Waals surface area contributed by atoms with Gasteiger partial charge in [0.25, 0.3) is 10.0 Å². The zero-order chi connectivity index (χ0) is 13.9. The normalized spacial score (nSPS) is 15.8. The summed E-state index contributed by atoms with van der Waals surface area (Å²) in [7, 11) is -2.40. The smallest absolute Gasteiger partial charge is 0.265 e. The summed E-state index contributed by atoms with van der Waals surface area (Å²) in [4.78, 5) is 11.7. The van der Waals surface area contributed by atoms with E-state index in [4.69, 9.17) is 4.74 Å². The van der Waals surface area contributed by atoms with Gasteiger partial charge in [-0.2, -0.15) is 0 Å². The average Bonchev–Trinajstić information content (AvgIpc) is 2.41. The maximum Gasteiger partial charge on any atom is 0.265 e. The molecule has 0 fully saturated rings. The van der Waals surface area contributed by atoms with Gasteiger partial charge >= 0.3 is 0 Å². The largest absolute Gasteiger partial charge is 0.495 e. The highest BCUT2D eigenvalue weighted by Gasteiger charge is 2.23. The number of para-hydroxylation sites is 1. The summed E-state index contributed by atoms with van der Waals surface area (Å²) in [6.45, 7) is 0. The molecule has 0 bridgehead atoms. The van der Waals surface area contributed by atoms with Crippen LogP contribution in [0.1, 0.15) is 19.3 Å². The Hall–Kier alpha value is -1.82. The Bertz CT molecular complexity index is 619. The molecule has 0 aromatic heterocycles. The summed E-state index contributed by atoms with van der Waals surface area (Å²) in [6, 6.07) is 6.29. The first kappa shape index (κ1) is 13.6. The summed E-state index contributed by atoms with van der Waals surface area (Å²) in [5.41, 5.74) is 0.150. The number of hydrogen-bond donors (Lipinski definition) is 1. The predicted molar refractivity (Wildman–Crippen MR) is 70.3 cm³/mol. The summed E-state index contributed by atoms with van der Waals surface area (Å²) in [5, 5.41) is 0. The van der Waals surface area contributed by atoms with Crippen molar-refractivity contribution in [1.29, 1.82) is 0 Å². The van der Waals surface area contributed by atoms with Crippen molar-refractivity contribution in [3.8, 4) is 5.75 Å². The minimum Gasteiger partial charge on any atom is -0.495 e. The number of rotatable bonds is 4. The van der Waals surface area contributed by atoms with E-state index >= 15 is 0 Å². The van der Waals surface area contributed by atoms with Crippen LogP contribution in [-0.2, 0) is 14.8 Å². The highest BCUT2D eigenvalue weighted by atomic mass is 32.2. The van der Waals surface area contributed by atoms with Crippen molar-refractivity contribution in [3.63, 3.8) is 0 Å². The fourth-order valence-electron chi connectivity index (χ4n) is 1.90. The molecule has 0 aliphatic heterocycles. The van der Waals surface area contributed by atoms with Gasteiger partial charge in [-0.05, 0) is 25.0 Å². The molecule has 1 N–H and O–H groups in total. The third kappa shape index (κ3) is 2.96. The lowest BCUT2D eigenvalue weighted by Crippen LogP contribution is -2.29. The lowest BCUT2D eigenvalue weighted by Gasteiger charge is -2.15. The standard InChI is InChI=1S/C13H15NO4S/c1-18-12-8-4-5-9-13(12)19(16,17)14-10-6-2-3-7-11(10)15/h4-6,8-9,14H,2-3,7H2,1H3. The molecule has 0 saturated carbocycles. The number of carbonyl (C=O) groups excluding carboxylic acids is 1. The minimum absolute atomic E-state index is 0.0248. The Morgan fingerprint density at radius 2 is 2.00 bits per heavy atom. The quantitative estimate of drug-likeness (QED) is 0.910. The second-order valence-corrected chi connectivity index (χ2v) is 5.84. The Labute approximate surface area is 112 Å². The van der Waals surface area contributed by atoms with Gasteiger partial charge in [0.05, 0.1) is 12.8 Å². The van der Waals surface area contributed by atoms with Crippen molar-refractivity contribution in [2.24, 2.45) is 0 Å². The number of hydrogen-bond acceptors (Lipinski definition) is 4. The molecule has 1 aromatic carbocycles. The molecule has 0 spiro atoms. The number of ether oxygens (including phenoxy) is 1. The van der Waals surface area contributed by atoms with Gasteiger partial charge in [0.1, 0.15) is 10.6 Å². The van der Waals surface area contributed by atoms with Gasteiger partial charge in [-0.3, -0.25) is 9.52 Å². The number of methoxy groups -OCH3 is 1. The number of carbonyl (C=O) groups is 1.